The van der Waals surface area contributed by atoms with Crippen LogP contribution < -0.4 is 10.6 Å². The molecule has 3 rings (SSSR count). The second-order valence-electron chi connectivity index (χ2n) is 5.38. The fourth-order valence-electron chi connectivity index (χ4n) is 2.86. The number of nitrogens with zero attached hydrogens (tertiary/aromatic N) is 2. The Hall–Kier alpha value is -1.71. The molecule has 1 aliphatic rings. The SMILES string of the molecule is CCC1CCCN(c2nc3c(N)cccc3o2)CC1. The van der Waals surface area contributed by atoms with E-state index in [-0.39, 0.29) is 0 Å². The summed E-state index contributed by atoms with van der Waals surface area (Å²) in [7, 11) is 0. The fourth-order valence-corrected chi connectivity index (χ4v) is 2.86. The van der Waals surface area contributed by atoms with E-state index in [1.165, 1.54) is 25.7 Å². The normalized spacial score (nSPS) is 20.7. The number of anilines is 2. The van der Waals surface area contributed by atoms with Gasteiger partial charge < -0.3 is 15.1 Å². The lowest BCUT2D eigenvalue weighted by Crippen LogP contribution is -2.24. The number of nitrogens with two attached hydrogens (primary N) is 1. The number of nitrogen functional groups attached to an aromatic ring is 1. The van der Waals surface area contributed by atoms with Gasteiger partial charge in [0.15, 0.2) is 5.58 Å². The Morgan fingerprint density at radius 3 is 3.05 bits per heavy atom. The first-order chi connectivity index (χ1) is 9.28. The number of oxazole rings is 1. The molecule has 1 saturated heterocycles. The summed E-state index contributed by atoms with van der Waals surface area (Å²) in [5.41, 5.74) is 8.19. The second-order valence-corrected chi connectivity index (χ2v) is 5.38. The highest BCUT2D eigenvalue weighted by Crippen LogP contribution is 2.28. The summed E-state index contributed by atoms with van der Waals surface area (Å²) in [5, 5.41) is 0. The minimum Gasteiger partial charge on any atom is -0.423 e. The van der Waals surface area contributed by atoms with Crippen LogP contribution in [0.3, 0.4) is 0 Å². The summed E-state index contributed by atoms with van der Waals surface area (Å²) in [4.78, 5) is 6.82. The van der Waals surface area contributed by atoms with Crippen molar-refractivity contribution in [2.75, 3.05) is 23.7 Å². The van der Waals surface area contributed by atoms with Gasteiger partial charge in [-0.15, -0.1) is 0 Å². The van der Waals surface area contributed by atoms with Crippen molar-refractivity contribution in [1.82, 2.24) is 4.98 Å². The van der Waals surface area contributed by atoms with E-state index < -0.39 is 0 Å². The Balaban J connectivity index is 1.85. The molecular formula is C15H21N3O. The van der Waals surface area contributed by atoms with Crippen LogP contribution in [-0.4, -0.2) is 18.1 Å². The number of hydrogen-bond acceptors (Lipinski definition) is 4. The van der Waals surface area contributed by atoms with Gasteiger partial charge in [-0.2, -0.15) is 4.98 Å². The maximum atomic E-state index is 5.93. The molecule has 1 unspecified atom stereocenters. The minimum absolute atomic E-state index is 0.689. The van der Waals surface area contributed by atoms with Gasteiger partial charge in [-0.25, -0.2) is 0 Å². The summed E-state index contributed by atoms with van der Waals surface area (Å²) in [5.74, 6) is 0.847. The fraction of sp³-hybridized carbons (Fsp3) is 0.533. The monoisotopic (exact) mass is 259 g/mol. The average Bonchev–Trinajstić information content (AvgIpc) is 2.71. The summed E-state index contributed by atoms with van der Waals surface area (Å²) >= 11 is 0. The molecule has 102 valence electrons. The first-order valence-electron chi connectivity index (χ1n) is 7.18. The maximum Gasteiger partial charge on any atom is 0.298 e. The van der Waals surface area contributed by atoms with Crippen LogP contribution >= 0.6 is 0 Å². The van der Waals surface area contributed by atoms with Crippen molar-refractivity contribution < 1.29 is 4.42 Å². The third-order valence-corrected chi connectivity index (χ3v) is 4.13. The molecule has 4 nitrogen and oxygen atoms in total. The molecule has 0 spiro atoms. The molecule has 1 aromatic heterocycles. The van der Waals surface area contributed by atoms with Crippen LogP contribution in [0.4, 0.5) is 11.7 Å². The van der Waals surface area contributed by atoms with Gasteiger partial charge in [0.1, 0.15) is 5.52 Å². The molecular weight excluding hydrogens is 238 g/mol. The topological polar surface area (TPSA) is 55.3 Å². The number of aromatic nitrogens is 1. The van der Waals surface area contributed by atoms with Crippen molar-refractivity contribution in [2.45, 2.75) is 32.6 Å². The molecule has 1 aromatic carbocycles. The van der Waals surface area contributed by atoms with E-state index in [4.69, 9.17) is 10.2 Å². The third kappa shape index (κ3) is 2.39. The first-order valence-corrected chi connectivity index (χ1v) is 7.18. The van der Waals surface area contributed by atoms with Gasteiger partial charge >= 0.3 is 0 Å². The quantitative estimate of drug-likeness (QED) is 0.839. The highest BCUT2D eigenvalue weighted by Gasteiger charge is 2.20. The molecule has 0 aliphatic carbocycles. The standard InChI is InChI=1S/C15H21N3O/c1-2-11-5-4-9-18(10-8-11)15-17-14-12(16)6-3-7-13(14)19-15/h3,6-7,11H,2,4-5,8-10,16H2,1H3. The van der Waals surface area contributed by atoms with E-state index in [1.807, 2.05) is 18.2 Å². The van der Waals surface area contributed by atoms with Crippen molar-refractivity contribution >= 4 is 22.8 Å². The van der Waals surface area contributed by atoms with Gasteiger partial charge in [-0.1, -0.05) is 19.4 Å². The van der Waals surface area contributed by atoms with Gasteiger partial charge in [0, 0.05) is 13.1 Å². The average molecular weight is 259 g/mol. The number of benzene rings is 1. The molecule has 0 bridgehead atoms. The molecule has 1 fully saturated rings. The van der Waals surface area contributed by atoms with Crippen LogP contribution in [0, 0.1) is 5.92 Å². The Labute approximate surface area is 113 Å². The van der Waals surface area contributed by atoms with Gasteiger partial charge in [0.05, 0.1) is 5.69 Å². The number of rotatable bonds is 2. The number of para-hydroxylation sites is 1. The predicted octanol–water partition coefficient (Wildman–Crippen LogP) is 3.43. The summed E-state index contributed by atoms with van der Waals surface area (Å²) in [6.45, 7) is 4.34. The van der Waals surface area contributed by atoms with Crippen molar-refractivity contribution in [1.29, 1.82) is 0 Å². The number of fused-ring (bicyclic) bond motifs is 1. The Kier molecular flexibility index (Phi) is 3.32. The van der Waals surface area contributed by atoms with E-state index >= 15 is 0 Å². The van der Waals surface area contributed by atoms with Gasteiger partial charge in [0.25, 0.3) is 6.01 Å². The van der Waals surface area contributed by atoms with Crippen molar-refractivity contribution in [3.05, 3.63) is 18.2 Å². The molecule has 19 heavy (non-hydrogen) atoms. The molecule has 4 heteroatoms. The number of hydrogen-bond donors (Lipinski definition) is 1. The van der Waals surface area contributed by atoms with E-state index in [0.29, 0.717) is 5.69 Å². The van der Waals surface area contributed by atoms with Crippen LogP contribution in [0.5, 0.6) is 0 Å². The zero-order chi connectivity index (χ0) is 13.2. The van der Waals surface area contributed by atoms with Crippen molar-refractivity contribution in [3.63, 3.8) is 0 Å². The molecule has 0 saturated carbocycles. The Bertz CT molecular complexity index is 564. The van der Waals surface area contributed by atoms with Crippen LogP contribution in [0.25, 0.3) is 11.1 Å². The molecule has 2 aromatic rings. The van der Waals surface area contributed by atoms with Crippen LogP contribution in [-0.2, 0) is 0 Å². The van der Waals surface area contributed by atoms with E-state index in [0.717, 1.165) is 36.1 Å². The molecule has 1 atom stereocenters. The van der Waals surface area contributed by atoms with Crippen LogP contribution in [0.15, 0.2) is 22.6 Å². The third-order valence-electron chi connectivity index (χ3n) is 4.13. The van der Waals surface area contributed by atoms with Gasteiger partial charge in [-0.05, 0) is 37.3 Å². The Morgan fingerprint density at radius 1 is 1.37 bits per heavy atom. The van der Waals surface area contributed by atoms with Crippen molar-refractivity contribution in [2.24, 2.45) is 5.92 Å². The van der Waals surface area contributed by atoms with E-state index in [1.54, 1.807) is 0 Å². The van der Waals surface area contributed by atoms with Gasteiger partial charge in [0.2, 0.25) is 0 Å². The zero-order valence-corrected chi connectivity index (χ0v) is 11.4. The van der Waals surface area contributed by atoms with Crippen LogP contribution in [0.1, 0.15) is 32.6 Å². The summed E-state index contributed by atoms with van der Waals surface area (Å²) < 4.78 is 5.85. The highest BCUT2D eigenvalue weighted by atomic mass is 16.4. The zero-order valence-electron chi connectivity index (χ0n) is 11.4. The van der Waals surface area contributed by atoms with Crippen LogP contribution in [0.2, 0.25) is 0 Å². The predicted molar refractivity (Wildman–Crippen MR) is 78.3 cm³/mol. The van der Waals surface area contributed by atoms with E-state index in [2.05, 4.69) is 16.8 Å². The lowest BCUT2D eigenvalue weighted by Gasteiger charge is -2.17. The van der Waals surface area contributed by atoms with Crippen molar-refractivity contribution in [3.8, 4) is 0 Å². The molecule has 1 aliphatic heterocycles. The maximum absolute atomic E-state index is 5.93. The molecule has 0 amide bonds. The lowest BCUT2D eigenvalue weighted by molar-refractivity contribution is 0.458. The smallest absolute Gasteiger partial charge is 0.298 e. The molecule has 0 radical (unpaired) electrons. The first kappa shape index (κ1) is 12.3. The minimum atomic E-state index is 0.689. The van der Waals surface area contributed by atoms with E-state index in [9.17, 15) is 0 Å². The second kappa shape index (κ2) is 5.11. The molecule has 2 heterocycles. The Morgan fingerprint density at radius 2 is 2.26 bits per heavy atom. The van der Waals surface area contributed by atoms with Gasteiger partial charge in [-0.3, -0.25) is 0 Å². The largest absolute Gasteiger partial charge is 0.423 e. The highest BCUT2D eigenvalue weighted by molar-refractivity contribution is 5.86. The lowest BCUT2D eigenvalue weighted by atomic mass is 9.98. The summed E-state index contributed by atoms with van der Waals surface area (Å²) in [6, 6.07) is 6.42. The molecule has 2 N–H and O–H groups in total. The summed E-state index contributed by atoms with van der Waals surface area (Å²) in [6.07, 6.45) is 5.03.